The summed E-state index contributed by atoms with van der Waals surface area (Å²) in [4.78, 5) is 55.5. The van der Waals surface area contributed by atoms with Crippen LogP contribution in [0.15, 0.2) is 54.6 Å². The molecule has 0 radical (unpaired) electrons. The highest BCUT2D eigenvalue weighted by Gasteiger charge is 2.17. The molecule has 0 atom stereocenters. The van der Waals surface area contributed by atoms with E-state index in [9.17, 15) is 14.4 Å². The smallest absolute Gasteiger partial charge is 0.231 e. The van der Waals surface area contributed by atoms with Gasteiger partial charge in [0.15, 0.2) is 0 Å². The zero-order valence-electron chi connectivity index (χ0n) is 21.7. The molecule has 0 unspecified atom stereocenters. The summed E-state index contributed by atoms with van der Waals surface area (Å²) in [5.74, 6) is -1.38. The minimum absolute atomic E-state index is 0.0275. The fraction of sp³-hybridized carbons (Fsp3) is 0.333. The first-order valence-electron chi connectivity index (χ1n) is 12.6. The minimum Gasteiger partial charge on any atom is -0.369 e. The predicted octanol–water partition coefficient (Wildman–Crippen LogP) is -0.352. The van der Waals surface area contributed by atoms with Crippen LogP contribution < -0.4 is 17.2 Å². The molecule has 4 heterocycles. The van der Waals surface area contributed by atoms with Gasteiger partial charge in [-0.1, -0.05) is 18.2 Å². The van der Waals surface area contributed by atoms with Crippen molar-refractivity contribution < 1.29 is 14.4 Å². The lowest BCUT2D eigenvalue weighted by Crippen LogP contribution is -2.35. The quantitative estimate of drug-likeness (QED) is 0.383. The van der Waals surface area contributed by atoms with Gasteiger partial charge in [0.25, 0.3) is 0 Å². The third kappa shape index (κ3) is 8.92. The Hall–Kier alpha value is -4.26. The number of primary amides is 3. The number of nitrogens with zero attached hydrogens (tertiary/aromatic N) is 6. The lowest BCUT2D eigenvalue weighted by molar-refractivity contribution is -0.120. The minimum atomic E-state index is -0.460. The van der Waals surface area contributed by atoms with Crippen LogP contribution in [0.25, 0.3) is 0 Å². The van der Waals surface area contributed by atoms with Gasteiger partial charge in [0.05, 0.1) is 53.8 Å². The van der Waals surface area contributed by atoms with Crippen LogP contribution in [0.2, 0.25) is 0 Å². The molecule has 6 N–H and O–H groups in total. The highest BCUT2D eigenvalue weighted by Crippen LogP contribution is 2.14. The summed E-state index contributed by atoms with van der Waals surface area (Å²) in [6, 6.07) is 17.0. The number of aromatic nitrogens is 3. The van der Waals surface area contributed by atoms with E-state index in [1.54, 1.807) is 0 Å². The molecule has 4 rings (SSSR count). The molecule has 1 aliphatic heterocycles. The number of rotatable bonds is 6. The molecule has 12 nitrogen and oxygen atoms in total. The fourth-order valence-electron chi connectivity index (χ4n) is 4.65. The Labute approximate surface area is 226 Å². The van der Waals surface area contributed by atoms with Gasteiger partial charge in [-0.2, -0.15) is 0 Å². The molecule has 0 spiro atoms. The summed E-state index contributed by atoms with van der Waals surface area (Å²) in [6.45, 7) is 2.31. The second kappa shape index (κ2) is 13.0. The van der Waals surface area contributed by atoms with Gasteiger partial charge in [-0.15, -0.1) is 0 Å². The highest BCUT2D eigenvalue weighted by molar-refractivity contribution is 5.76. The van der Waals surface area contributed by atoms with Gasteiger partial charge in [0, 0.05) is 39.3 Å². The van der Waals surface area contributed by atoms with E-state index in [-0.39, 0.29) is 19.6 Å². The van der Waals surface area contributed by atoms with E-state index in [0.29, 0.717) is 39.3 Å². The molecular weight excluding hydrogens is 498 g/mol. The van der Waals surface area contributed by atoms with Gasteiger partial charge in [-0.25, -0.2) is 0 Å². The molecule has 6 bridgehead atoms. The summed E-state index contributed by atoms with van der Waals surface area (Å²) in [6.07, 6.45) is 0. The van der Waals surface area contributed by atoms with Crippen molar-refractivity contribution in [1.82, 2.24) is 29.7 Å². The summed E-state index contributed by atoms with van der Waals surface area (Å²) < 4.78 is 0. The second-order valence-electron chi connectivity index (χ2n) is 9.70. The lowest BCUT2D eigenvalue weighted by atomic mass is 10.2. The number of amides is 3. The second-order valence-corrected chi connectivity index (χ2v) is 9.70. The van der Waals surface area contributed by atoms with Gasteiger partial charge < -0.3 is 17.2 Å². The SMILES string of the molecule is NC(=O)CN1Cc2cccc(n2)CN(CC(N)=O)Cc2cccc(n2)CN(CC(N)=O)Cc2cccc(n2)C1. The fourth-order valence-corrected chi connectivity index (χ4v) is 4.65. The average molecular weight is 532 g/mol. The van der Waals surface area contributed by atoms with E-state index in [1.165, 1.54) is 0 Å². The molecule has 3 aromatic rings. The maximum absolute atomic E-state index is 11.8. The van der Waals surface area contributed by atoms with E-state index in [2.05, 4.69) is 0 Å². The Balaban J connectivity index is 1.72. The van der Waals surface area contributed by atoms with Crippen molar-refractivity contribution in [2.24, 2.45) is 17.2 Å². The summed E-state index contributed by atoms with van der Waals surface area (Å²) >= 11 is 0. The molecule has 0 aliphatic carbocycles. The zero-order chi connectivity index (χ0) is 27.8. The Morgan fingerprint density at radius 3 is 0.872 bits per heavy atom. The third-order valence-corrected chi connectivity index (χ3v) is 6.05. The molecule has 3 aromatic heterocycles. The van der Waals surface area contributed by atoms with Crippen LogP contribution in [0.1, 0.15) is 34.2 Å². The molecule has 0 saturated carbocycles. The molecular formula is C27H33N9O3. The van der Waals surface area contributed by atoms with E-state index < -0.39 is 17.7 Å². The number of fused-ring (bicyclic) bond motifs is 6. The Bertz CT molecular complexity index is 1110. The maximum Gasteiger partial charge on any atom is 0.231 e. The topological polar surface area (TPSA) is 178 Å². The number of hydrogen-bond donors (Lipinski definition) is 3. The molecule has 204 valence electrons. The number of carbonyl (C=O) groups excluding carboxylic acids is 3. The van der Waals surface area contributed by atoms with Gasteiger partial charge in [0.1, 0.15) is 0 Å². The van der Waals surface area contributed by atoms with Gasteiger partial charge in [-0.05, 0) is 36.4 Å². The first kappa shape index (κ1) is 27.8. The van der Waals surface area contributed by atoms with Gasteiger partial charge >= 0.3 is 0 Å². The van der Waals surface area contributed by atoms with Crippen LogP contribution in [-0.4, -0.2) is 67.0 Å². The van der Waals surface area contributed by atoms with Crippen molar-refractivity contribution in [3.05, 3.63) is 88.8 Å². The monoisotopic (exact) mass is 531 g/mol. The molecule has 39 heavy (non-hydrogen) atoms. The zero-order valence-corrected chi connectivity index (χ0v) is 21.7. The Morgan fingerprint density at radius 2 is 0.692 bits per heavy atom. The number of pyridine rings is 3. The van der Waals surface area contributed by atoms with Crippen molar-refractivity contribution in [3.63, 3.8) is 0 Å². The van der Waals surface area contributed by atoms with E-state index in [0.717, 1.165) is 34.2 Å². The molecule has 0 aromatic carbocycles. The van der Waals surface area contributed by atoms with Crippen molar-refractivity contribution in [1.29, 1.82) is 0 Å². The van der Waals surface area contributed by atoms with Crippen LogP contribution in [-0.2, 0) is 53.7 Å². The first-order valence-corrected chi connectivity index (χ1v) is 12.6. The van der Waals surface area contributed by atoms with E-state index in [4.69, 9.17) is 32.2 Å². The van der Waals surface area contributed by atoms with Crippen LogP contribution in [0.4, 0.5) is 0 Å². The van der Waals surface area contributed by atoms with E-state index >= 15 is 0 Å². The molecule has 1 aliphatic rings. The van der Waals surface area contributed by atoms with Crippen LogP contribution in [0.3, 0.4) is 0 Å². The van der Waals surface area contributed by atoms with Crippen LogP contribution >= 0.6 is 0 Å². The summed E-state index contributed by atoms with van der Waals surface area (Å²) in [7, 11) is 0. The summed E-state index contributed by atoms with van der Waals surface area (Å²) in [5, 5.41) is 0. The predicted molar refractivity (Wildman–Crippen MR) is 143 cm³/mol. The highest BCUT2D eigenvalue weighted by atomic mass is 16.2. The summed E-state index contributed by atoms with van der Waals surface area (Å²) in [5.41, 5.74) is 21.1. The normalized spacial score (nSPS) is 15.7. The Kier molecular flexibility index (Phi) is 9.26. The number of nitrogens with two attached hydrogens (primary N) is 3. The molecule has 0 fully saturated rings. The van der Waals surface area contributed by atoms with E-state index in [1.807, 2.05) is 69.3 Å². The molecule has 3 amide bonds. The maximum atomic E-state index is 11.8. The first-order chi connectivity index (χ1) is 18.7. The number of carbonyl (C=O) groups is 3. The van der Waals surface area contributed by atoms with Crippen molar-refractivity contribution in [2.75, 3.05) is 19.6 Å². The van der Waals surface area contributed by atoms with Crippen molar-refractivity contribution in [2.45, 2.75) is 39.3 Å². The molecule has 0 saturated heterocycles. The molecule has 12 heteroatoms. The van der Waals surface area contributed by atoms with Gasteiger partial charge in [-0.3, -0.25) is 44.0 Å². The third-order valence-electron chi connectivity index (χ3n) is 6.05. The largest absolute Gasteiger partial charge is 0.369 e. The Morgan fingerprint density at radius 1 is 0.487 bits per heavy atom. The van der Waals surface area contributed by atoms with Crippen molar-refractivity contribution in [3.8, 4) is 0 Å². The van der Waals surface area contributed by atoms with Crippen molar-refractivity contribution >= 4 is 17.7 Å². The van der Waals surface area contributed by atoms with Crippen LogP contribution in [0.5, 0.6) is 0 Å². The standard InChI is InChI=1S/C27H33N9O3/c28-25(37)16-34-10-19-4-1-5-20(31-19)11-35(17-26(29)38)13-22-7-3-9-24(33-22)15-36(18-27(30)39)14-23-8-2-6-21(12-34)32-23/h1-9H,10-18H2,(H2,28,37)(H2,29,38)(H2,30,39). The number of hydrogen-bond acceptors (Lipinski definition) is 9. The average Bonchev–Trinajstić information content (AvgIpc) is 2.83. The van der Waals surface area contributed by atoms with Gasteiger partial charge in [0.2, 0.25) is 17.7 Å². The van der Waals surface area contributed by atoms with Crippen LogP contribution in [0, 0.1) is 0 Å². The lowest BCUT2D eigenvalue weighted by Gasteiger charge is -2.24.